The van der Waals surface area contributed by atoms with Crippen LogP contribution in [0, 0.1) is 0 Å². The van der Waals surface area contributed by atoms with Gasteiger partial charge in [0.1, 0.15) is 0 Å². The van der Waals surface area contributed by atoms with E-state index < -0.39 is 0 Å². The first-order chi connectivity index (χ1) is 17.3. The molecule has 0 N–H and O–H groups in total. The van der Waals surface area contributed by atoms with Gasteiger partial charge in [0, 0.05) is 28.0 Å². The SMILES string of the molecule is Brc1ccc2ccc3c(-c4cc(-c5ccccn5)cc(-c5ccccn5)c4)ccc4ccc1c2c43. The summed E-state index contributed by atoms with van der Waals surface area (Å²) in [4.78, 5) is 9.26. The number of hydrogen-bond donors (Lipinski definition) is 0. The van der Waals surface area contributed by atoms with Crippen LogP contribution in [0.3, 0.4) is 0 Å². The third-order valence-corrected chi connectivity index (χ3v) is 7.47. The maximum atomic E-state index is 4.63. The number of benzene rings is 5. The van der Waals surface area contributed by atoms with Crippen LogP contribution >= 0.6 is 15.9 Å². The molecule has 0 aliphatic rings. The fourth-order valence-corrected chi connectivity index (χ4v) is 5.63. The minimum atomic E-state index is 0.952. The summed E-state index contributed by atoms with van der Waals surface area (Å²) < 4.78 is 1.12. The molecule has 0 unspecified atom stereocenters. The fourth-order valence-electron chi connectivity index (χ4n) is 5.16. The van der Waals surface area contributed by atoms with Crippen LogP contribution in [-0.2, 0) is 0 Å². The standard InChI is InChI=1S/C32H19BrN2/c33-28-14-10-21-8-12-26-25(11-7-20-9-13-27(28)32(21)31(20)26)22-17-23(29-5-1-3-15-34-29)19-24(18-22)30-6-2-4-16-35-30/h1-19H. The van der Waals surface area contributed by atoms with E-state index in [9.17, 15) is 0 Å². The largest absolute Gasteiger partial charge is 0.256 e. The van der Waals surface area contributed by atoms with Crippen LogP contribution in [0.1, 0.15) is 0 Å². The number of aromatic nitrogens is 2. The maximum Gasteiger partial charge on any atom is 0.0702 e. The van der Waals surface area contributed by atoms with Gasteiger partial charge in [-0.2, -0.15) is 0 Å². The van der Waals surface area contributed by atoms with Gasteiger partial charge >= 0.3 is 0 Å². The molecule has 2 nitrogen and oxygen atoms in total. The van der Waals surface area contributed by atoms with Crippen molar-refractivity contribution in [2.45, 2.75) is 0 Å². The topological polar surface area (TPSA) is 25.8 Å². The summed E-state index contributed by atoms with van der Waals surface area (Å²) in [6, 6.07) is 36.5. The van der Waals surface area contributed by atoms with Gasteiger partial charge in [-0.05, 0) is 92.0 Å². The molecule has 0 atom stereocenters. The number of hydrogen-bond acceptors (Lipinski definition) is 2. The highest BCUT2D eigenvalue weighted by molar-refractivity contribution is 9.10. The average molecular weight is 511 g/mol. The van der Waals surface area contributed by atoms with Crippen molar-refractivity contribution in [2.24, 2.45) is 0 Å². The van der Waals surface area contributed by atoms with Gasteiger partial charge in [0.05, 0.1) is 11.4 Å². The molecule has 0 bridgehead atoms. The molecule has 0 aliphatic heterocycles. The van der Waals surface area contributed by atoms with Crippen molar-refractivity contribution in [3.63, 3.8) is 0 Å². The van der Waals surface area contributed by atoms with Crippen LogP contribution in [0.2, 0.25) is 0 Å². The van der Waals surface area contributed by atoms with Crippen LogP contribution in [0.25, 0.3) is 66.0 Å². The zero-order valence-electron chi connectivity index (χ0n) is 18.7. The second kappa shape index (κ2) is 8.00. The third-order valence-electron chi connectivity index (χ3n) is 6.78. The Morgan fingerprint density at radius 1 is 0.486 bits per heavy atom. The van der Waals surface area contributed by atoms with Crippen LogP contribution in [0.15, 0.2) is 120 Å². The molecular weight excluding hydrogens is 492 g/mol. The molecule has 2 heterocycles. The summed E-state index contributed by atoms with van der Waals surface area (Å²) in [7, 11) is 0. The van der Waals surface area contributed by atoms with Crippen molar-refractivity contribution in [3.05, 3.63) is 120 Å². The Kier molecular flexibility index (Phi) is 4.64. The molecule has 2 aromatic heterocycles. The maximum absolute atomic E-state index is 4.63. The number of nitrogens with zero attached hydrogens (tertiary/aromatic N) is 2. The highest BCUT2D eigenvalue weighted by atomic mass is 79.9. The number of rotatable bonds is 3. The van der Waals surface area contributed by atoms with Gasteiger partial charge < -0.3 is 0 Å². The van der Waals surface area contributed by atoms with Crippen molar-refractivity contribution in [2.75, 3.05) is 0 Å². The molecule has 7 aromatic rings. The molecule has 7 rings (SSSR count). The van der Waals surface area contributed by atoms with E-state index in [0.29, 0.717) is 0 Å². The Balaban J connectivity index is 1.55. The zero-order valence-corrected chi connectivity index (χ0v) is 20.3. The molecule has 5 aromatic carbocycles. The monoisotopic (exact) mass is 510 g/mol. The van der Waals surface area contributed by atoms with Crippen molar-refractivity contribution in [1.29, 1.82) is 0 Å². The van der Waals surface area contributed by atoms with E-state index in [-0.39, 0.29) is 0 Å². The van der Waals surface area contributed by atoms with E-state index in [1.165, 1.54) is 37.9 Å². The van der Waals surface area contributed by atoms with E-state index in [2.05, 4.69) is 105 Å². The number of halogens is 1. The Morgan fingerprint density at radius 2 is 1.03 bits per heavy atom. The van der Waals surface area contributed by atoms with E-state index in [4.69, 9.17) is 0 Å². The van der Waals surface area contributed by atoms with Crippen LogP contribution in [-0.4, -0.2) is 9.97 Å². The molecular formula is C32H19BrN2. The van der Waals surface area contributed by atoms with Crippen molar-refractivity contribution >= 4 is 48.2 Å². The predicted octanol–water partition coefficient (Wildman–Crippen LogP) is 9.14. The minimum Gasteiger partial charge on any atom is -0.256 e. The first-order valence-corrected chi connectivity index (χ1v) is 12.4. The lowest BCUT2D eigenvalue weighted by Crippen LogP contribution is -1.91. The van der Waals surface area contributed by atoms with Crippen LogP contribution in [0.5, 0.6) is 0 Å². The third kappa shape index (κ3) is 3.31. The summed E-state index contributed by atoms with van der Waals surface area (Å²) in [5.74, 6) is 0. The van der Waals surface area contributed by atoms with E-state index in [0.717, 1.165) is 32.6 Å². The van der Waals surface area contributed by atoms with Gasteiger partial charge in [0.15, 0.2) is 0 Å². The van der Waals surface area contributed by atoms with Crippen molar-refractivity contribution in [3.8, 4) is 33.6 Å². The van der Waals surface area contributed by atoms with Gasteiger partial charge in [0.25, 0.3) is 0 Å². The Bertz CT molecular complexity index is 1790. The molecule has 0 fully saturated rings. The lowest BCUT2D eigenvalue weighted by Gasteiger charge is -2.16. The molecule has 0 saturated carbocycles. The first kappa shape index (κ1) is 20.3. The highest BCUT2D eigenvalue weighted by Crippen LogP contribution is 2.42. The molecule has 164 valence electrons. The fraction of sp³-hybridized carbons (Fsp3) is 0. The van der Waals surface area contributed by atoms with Gasteiger partial charge in [-0.1, -0.05) is 70.5 Å². The van der Waals surface area contributed by atoms with Crippen LogP contribution < -0.4 is 0 Å². The summed E-state index contributed by atoms with van der Waals surface area (Å²) >= 11 is 3.76. The summed E-state index contributed by atoms with van der Waals surface area (Å²) in [5, 5.41) is 7.63. The van der Waals surface area contributed by atoms with Gasteiger partial charge in [-0.3, -0.25) is 9.97 Å². The molecule has 3 heteroatoms. The minimum absolute atomic E-state index is 0.952. The van der Waals surface area contributed by atoms with E-state index in [1.807, 2.05) is 36.7 Å². The Labute approximate surface area is 211 Å². The van der Waals surface area contributed by atoms with Gasteiger partial charge in [0.2, 0.25) is 0 Å². The van der Waals surface area contributed by atoms with Crippen LogP contribution in [0.4, 0.5) is 0 Å². The highest BCUT2D eigenvalue weighted by Gasteiger charge is 2.15. The van der Waals surface area contributed by atoms with Crippen molar-refractivity contribution < 1.29 is 0 Å². The Morgan fingerprint density at radius 3 is 1.66 bits per heavy atom. The van der Waals surface area contributed by atoms with E-state index in [1.54, 1.807) is 0 Å². The predicted molar refractivity (Wildman–Crippen MR) is 150 cm³/mol. The summed E-state index contributed by atoms with van der Waals surface area (Å²) in [6.45, 7) is 0. The average Bonchev–Trinajstić information content (AvgIpc) is 2.93. The molecule has 0 amide bonds. The van der Waals surface area contributed by atoms with Gasteiger partial charge in [-0.15, -0.1) is 0 Å². The Hall–Kier alpha value is -4.08. The zero-order chi connectivity index (χ0) is 23.4. The lowest BCUT2D eigenvalue weighted by molar-refractivity contribution is 1.31. The van der Waals surface area contributed by atoms with Crippen molar-refractivity contribution in [1.82, 2.24) is 9.97 Å². The summed E-state index contributed by atoms with van der Waals surface area (Å²) in [6.07, 6.45) is 3.69. The normalized spacial score (nSPS) is 11.6. The molecule has 35 heavy (non-hydrogen) atoms. The number of pyridine rings is 2. The smallest absolute Gasteiger partial charge is 0.0702 e. The molecule has 0 saturated heterocycles. The summed E-state index contributed by atoms with van der Waals surface area (Å²) in [5.41, 5.74) is 6.43. The second-order valence-corrected chi connectivity index (χ2v) is 9.67. The first-order valence-electron chi connectivity index (χ1n) is 11.6. The second-order valence-electron chi connectivity index (χ2n) is 8.81. The molecule has 0 aliphatic carbocycles. The quantitative estimate of drug-likeness (QED) is 0.221. The molecule has 0 radical (unpaired) electrons. The lowest BCUT2D eigenvalue weighted by atomic mass is 9.88. The molecule has 0 spiro atoms. The van der Waals surface area contributed by atoms with E-state index >= 15 is 0 Å². The van der Waals surface area contributed by atoms with Gasteiger partial charge in [-0.25, -0.2) is 0 Å².